The molecule has 0 unspecified atom stereocenters. The number of carbonyl (C=O) groups is 1. The summed E-state index contributed by atoms with van der Waals surface area (Å²) in [7, 11) is 0. The van der Waals surface area contributed by atoms with Crippen LogP contribution in [0.5, 0.6) is 0 Å². The number of nitrogens with one attached hydrogen (secondary N) is 1. The number of aromatic nitrogens is 1. The van der Waals surface area contributed by atoms with Gasteiger partial charge in [-0.05, 0) is 53.0 Å². The van der Waals surface area contributed by atoms with E-state index in [1.807, 2.05) is 26.0 Å². The van der Waals surface area contributed by atoms with Crippen LogP contribution in [0.4, 0.5) is 10.1 Å². The Bertz CT molecular complexity index is 620. The van der Waals surface area contributed by atoms with Gasteiger partial charge in [-0.15, -0.1) is 0 Å². The molecule has 0 aliphatic rings. The first-order valence-electron chi connectivity index (χ1n) is 5.66. The summed E-state index contributed by atoms with van der Waals surface area (Å²) >= 11 is 3.40. The van der Waals surface area contributed by atoms with Crippen molar-refractivity contribution in [2.24, 2.45) is 0 Å². The van der Waals surface area contributed by atoms with E-state index in [9.17, 15) is 9.18 Å². The third-order valence-electron chi connectivity index (χ3n) is 2.69. The molecule has 1 aromatic carbocycles. The minimum atomic E-state index is -0.638. The van der Waals surface area contributed by atoms with Gasteiger partial charge >= 0.3 is 0 Å². The number of halogens is 2. The van der Waals surface area contributed by atoms with Gasteiger partial charge in [0.25, 0.3) is 5.91 Å². The van der Waals surface area contributed by atoms with Gasteiger partial charge < -0.3 is 5.32 Å². The first-order valence-corrected chi connectivity index (χ1v) is 6.46. The van der Waals surface area contributed by atoms with Crippen LogP contribution in [0.1, 0.15) is 21.5 Å². The van der Waals surface area contributed by atoms with Crippen molar-refractivity contribution in [1.29, 1.82) is 0 Å². The molecular formula is C14H12BrFN2O. The van der Waals surface area contributed by atoms with Crippen molar-refractivity contribution in [1.82, 2.24) is 4.98 Å². The first kappa shape index (κ1) is 13.7. The molecule has 98 valence electrons. The van der Waals surface area contributed by atoms with Crippen LogP contribution < -0.4 is 5.32 Å². The van der Waals surface area contributed by atoms with Crippen LogP contribution in [0.25, 0.3) is 0 Å². The van der Waals surface area contributed by atoms with E-state index in [0.717, 1.165) is 21.8 Å². The molecule has 5 heteroatoms. The summed E-state index contributed by atoms with van der Waals surface area (Å²) in [6.07, 6.45) is 2.40. The lowest BCUT2D eigenvalue weighted by molar-refractivity contribution is 0.102. The average Bonchev–Trinajstić information content (AvgIpc) is 2.34. The van der Waals surface area contributed by atoms with Crippen LogP contribution in [-0.2, 0) is 0 Å². The third kappa shape index (κ3) is 2.98. The summed E-state index contributed by atoms with van der Waals surface area (Å²) in [5.41, 5.74) is 2.61. The molecule has 0 aliphatic carbocycles. The lowest BCUT2D eigenvalue weighted by Gasteiger charge is -2.12. The maximum atomic E-state index is 13.5. The van der Waals surface area contributed by atoms with Crippen LogP contribution in [0.2, 0.25) is 0 Å². The molecule has 1 heterocycles. The summed E-state index contributed by atoms with van der Waals surface area (Å²) in [6.45, 7) is 3.85. The fraction of sp³-hybridized carbons (Fsp3) is 0.143. The summed E-state index contributed by atoms with van der Waals surface area (Å²) in [5.74, 6) is -1.13. The highest BCUT2D eigenvalue weighted by Gasteiger charge is 2.14. The van der Waals surface area contributed by atoms with Crippen molar-refractivity contribution >= 4 is 27.5 Å². The van der Waals surface area contributed by atoms with Crippen LogP contribution in [-0.4, -0.2) is 10.9 Å². The van der Waals surface area contributed by atoms with E-state index in [1.54, 1.807) is 0 Å². The van der Waals surface area contributed by atoms with Gasteiger partial charge in [-0.1, -0.05) is 6.07 Å². The van der Waals surface area contributed by atoms with E-state index in [4.69, 9.17) is 0 Å². The first-order chi connectivity index (χ1) is 8.99. The highest BCUT2D eigenvalue weighted by Crippen LogP contribution is 2.28. The molecule has 0 spiro atoms. The Morgan fingerprint density at radius 2 is 2.11 bits per heavy atom. The van der Waals surface area contributed by atoms with Crippen molar-refractivity contribution in [3.05, 3.63) is 57.6 Å². The van der Waals surface area contributed by atoms with Crippen molar-refractivity contribution in [2.75, 3.05) is 5.32 Å². The average molecular weight is 323 g/mol. The summed E-state index contributed by atoms with van der Waals surface area (Å²) < 4.78 is 14.2. The molecule has 1 aromatic heterocycles. The van der Waals surface area contributed by atoms with E-state index in [2.05, 4.69) is 26.2 Å². The van der Waals surface area contributed by atoms with E-state index >= 15 is 0 Å². The van der Waals surface area contributed by atoms with Gasteiger partial charge in [-0.3, -0.25) is 9.78 Å². The zero-order valence-electron chi connectivity index (χ0n) is 10.5. The Morgan fingerprint density at radius 3 is 2.74 bits per heavy atom. The number of nitrogens with zero attached hydrogens (tertiary/aromatic N) is 1. The molecular weight excluding hydrogens is 311 g/mol. The van der Waals surface area contributed by atoms with Gasteiger partial charge in [0.15, 0.2) is 5.82 Å². The lowest BCUT2D eigenvalue weighted by atomic mass is 10.1. The number of aryl methyl sites for hydroxylation is 2. The normalized spacial score (nSPS) is 10.3. The maximum absolute atomic E-state index is 13.5. The fourth-order valence-electron chi connectivity index (χ4n) is 1.81. The second-order valence-corrected chi connectivity index (χ2v) is 5.10. The monoisotopic (exact) mass is 322 g/mol. The largest absolute Gasteiger partial charge is 0.321 e. The van der Waals surface area contributed by atoms with Gasteiger partial charge in [0.05, 0.1) is 17.4 Å². The van der Waals surface area contributed by atoms with Gasteiger partial charge in [0.1, 0.15) is 0 Å². The molecule has 0 saturated heterocycles. The predicted molar refractivity (Wildman–Crippen MR) is 75.8 cm³/mol. The predicted octanol–water partition coefficient (Wildman–Crippen LogP) is 3.85. The second kappa shape index (κ2) is 5.48. The molecule has 19 heavy (non-hydrogen) atoms. The van der Waals surface area contributed by atoms with Crippen molar-refractivity contribution in [2.45, 2.75) is 13.8 Å². The number of hydrogen-bond donors (Lipinski definition) is 1. The number of carbonyl (C=O) groups excluding carboxylic acids is 1. The molecule has 3 nitrogen and oxygen atoms in total. The zero-order chi connectivity index (χ0) is 14.0. The van der Waals surface area contributed by atoms with Gasteiger partial charge in [0, 0.05) is 10.7 Å². The van der Waals surface area contributed by atoms with Crippen LogP contribution in [0.15, 0.2) is 35.1 Å². The summed E-state index contributed by atoms with van der Waals surface area (Å²) in [4.78, 5) is 15.6. The Balaban J connectivity index is 2.32. The molecule has 1 amide bonds. The smallest absolute Gasteiger partial charge is 0.258 e. The Hall–Kier alpha value is -1.75. The summed E-state index contributed by atoms with van der Waals surface area (Å²) in [5, 5.41) is 2.71. The molecule has 0 atom stereocenters. The second-order valence-electron chi connectivity index (χ2n) is 4.25. The summed E-state index contributed by atoms with van der Waals surface area (Å²) in [6, 6.07) is 5.19. The van der Waals surface area contributed by atoms with E-state index in [-0.39, 0.29) is 5.56 Å². The van der Waals surface area contributed by atoms with E-state index in [1.165, 1.54) is 12.3 Å². The van der Waals surface area contributed by atoms with Crippen molar-refractivity contribution in [3.63, 3.8) is 0 Å². The Morgan fingerprint density at radius 1 is 1.37 bits per heavy atom. The third-order valence-corrected chi connectivity index (χ3v) is 3.31. The number of anilines is 1. The quantitative estimate of drug-likeness (QED) is 0.912. The molecule has 0 aliphatic heterocycles. The fourth-order valence-corrected chi connectivity index (χ4v) is 2.59. The molecule has 0 fully saturated rings. The van der Waals surface area contributed by atoms with Gasteiger partial charge in [-0.2, -0.15) is 0 Å². The number of pyridine rings is 1. The molecule has 0 saturated carbocycles. The Labute approximate surface area is 119 Å². The molecule has 0 bridgehead atoms. The lowest BCUT2D eigenvalue weighted by Crippen LogP contribution is -2.15. The number of amides is 1. The van der Waals surface area contributed by atoms with Gasteiger partial charge in [-0.25, -0.2) is 4.39 Å². The van der Waals surface area contributed by atoms with Crippen LogP contribution in [0.3, 0.4) is 0 Å². The molecule has 1 N–H and O–H groups in total. The number of hydrogen-bond acceptors (Lipinski definition) is 2. The zero-order valence-corrected chi connectivity index (χ0v) is 12.1. The van der Waals surface area contributed by atoms with E-state index < -0.39 is 11.7 Å². The van der Waals surface area contributed by atoms with Crippen molar-refractivity contribution < 1.29 is 9.18 Å². The number of rotatable bonds is 2. The molecule has 2 rings (SSSR count). The number of benzene rings is 1. The van der Waals surface area contributed by atoms with Crippen LogP contribution >= 0.6 is 15.9 Å². The molecule has 2 aromatic rings. The standard InChI is InChI=1S/C14H12BrFN2O/c1-8-5-9(2)13(11(15)6-8)18-14(19)10-3-4-17-7-12(10)16/h3-7H,1-2H3,(H,18,19). The van der Waals surface area contributed by atoms with Crippen molar-refractivity contribution in [3.8, 4) is 0 Å². The molecule has 0 radical (unpaired) electrons. The van der Waals surface area contributed by atoms with E-state index in [0.29, 0.717) is 5.69 Å². The Kier molecular flexibility index (Phi) is 3.95. The minimum absolute atomic E-state index is 0.0260. The van der Waals surface area contributed by atoms with Crippen LogP contribution in [0, 0.1) is 19.7 Å². The highest BCUT2D eigenvalue weighted by molar-refractivity contribution is 9.10. The maximum Gasteiger partial charge on any atom is 0.258 e. The minimum Gasteiger partial charge on any atom is -0.321 e. The topological polar surface area (TPSA) is 42.0 Å². The SMILES string of the molecule is Cc1cc(C)c(NC(=O)c2ccncc2F)c(Br)c1. The highest BCUT2D eigenvalue weighted by atomic mass is 79.9. The van der Waals surface area contributed by atoms with Gasteiger partial charge in [0.2, 0.25) is 0 Å².